The standard InChI is InChI=1S/C12H19NO3S/c1-15-6-3-8-17(14)9-7-16-12-5-2-4-11(13)10-12/h2,4-5,10H,3,6-9,13H2,1H3. The number of benzene rings is 1. The fraction of sp³-hybridized carbons (Fsp3) is 0.500. The molecule has 17 heavy (non-hydrogen) atoms. The Morgan fingerprint density at radius 1 is 1.29 bits per heavy atom. The molecule has 0 aromatic heterocycles. The maximum Gasteiger partial charge on any atom is 0.121 e. The molecule has 1 unspecified atom stereocenters. The summed E-state index contributed by atoms with van der Waals surface area (Å²) in [5.74, 6) is 1.92. The number of anilines is 1. The molecule has 0 saturated heterocycles. The van der Waals surface area contributed by atoms with Crippen molar-refractivity contribution in [3.8, 4) is 5.75 Å². The molecule has 0 heterocycles. The highest BCUT2D eigenvalue weighted by atomic mass is 32.2. The van der Waals surface area contributed by atoms with Crippen molar-refractivity contribution in [2.75, 3.05) is 37.6 Å². The number of nitrogens with two attached hydrogens (primary N) is 1. The van der Waals surface area contributed by atoms with Crippen molar-refractivity contribution in [1.29, 1.82) is 0 Å². The highest BCUT2D eigenvalue weighted by Gasteiger charge is 2.00. The van der Waals surface area contributed by atoms with Crippen LogP contribution < -0.4 is 10.5 Å². The first-order chi connectivity index (χ1) is 8.22. The zero-order valence-corrected chi connectivity index (χ0v) is 10.9. The first kappa shape index (κ1) is 14.0. The molecule has 2 N–H and O–H groups in total. The number of hydrogen-bond donors (Lipinski definition) is 1. The van der Waals surface area contributed by atoms with Gasteiger partial charge in [-0.25, -0.2) is 0 Å². The predicted molar refractivity (Wildman–Crippen MR) is 70.7 cm³/mol. The predicted octanol–water partition coefficient (Wildman–Crippen LogP) is 1.43. The number of ether oxygens (including phenoxy) is 2. The lowest BCUT2D eigenvalue weighted by Crippen LogP contribution is -2.12. The van der Waals surface area contributed by atoms with Crippen molar-refractivity contribution in [3.05, 3.63) is 24.3 Å². The molecule has 4 nitrogen and oxygen atoms in total. The van der Waals surface area contributed by atoms with Gasteiger partial charge in [-0.2, -0.15) is 0 Å². The van der Waals surface area contributed by atoms with E-state index in [0.717, 1.165) is 12.2 Å². The van der Waals surface area contributed by atoms with Gasteiger partial charge in [0.2, 0.25) is 0 Å². The molecular formula is C12H19NO3S. The summed E-state index contributed by atoms with van der Waals surface area (Å²) in [4.78, 5) is 0. The maximum atomic E-state index is 11.5. The van der Waals surface area contributed by atoms with Crippen LogP contribution in [0.4, 0.5) is 5.69 Å². The molecular weight excluding hydrogens is 238 g/mol. The van der Waals surface area contributed by atoms with E-state index in [0.29, 0.717) is 30.4 Å². The Morgan fingerprint density at radius 2 is 2.12 bits per heavy atom. The minimum absolute atomic E-state index is 0.447. The van der Waals surface area contributed by atoms with Crippen LogP contribution in [0.3, 0.4) is 0 Å². The van der Waals surface area contributed by atoms with E-state index in [1.165, 1.54) is 0 Å². The molecule has 0 radical (unpaired) electrons. The molecule has 0 bridgehead atoms. The van der Waals surface area contributed by atoms with Crippen molar-refractivity contribution >= 4 is 16.5 Å². The van der Waals surface area contributed by atoms with Gasteiger partial charge in [-0.1, -0.05) is 6.07 Å². The quantitative estimate of drug-likeness (QED) is 0.565. The van der Waals surface area contributed by atoms with Gasteiger partial charge in [0.25, 0.3) is 0 Å². The van der Waals surface area contributed by atoms with Gasteiger partial charge in [0, 0.05) is 42.0 Å². The fourth-order valence-electron chi connectivity index (χ4n) is 1.32. The van der Waals surface area contributed by atoms with E-state index in [-0.39, 0.29) is 0 Å². The molecule has 1 atom stereocenters. The zero-order chi connectivity index (χ0) is 12.5. The summed E-state index contributed by atoms with van der Waals surface area (Å²) in [6.45, 7) is 1.10. The second-order valence-corrected chi connectivity index (χ2v) is 5.31. The van der Waals surface area contributed by atoms with Gasteiger partial charge in [-0.05, 0) is 18.6 Å². The lowest BCUT2D eigenvalue weighted by molar-refractivity contribution is 0.200. The van der Waals surface area contributed by atoms with Crippen molar-refractivity contribution < 1.29 is 13.7 Å². The van der Waals surface area contributed by atoms with Crippen molar-refractivity contribution in [1.82, 2.24) is 0 Å². The van der Waals surface area contributed by atoms with E-state index >= 15 is 0 Å². The molecule has 1 rings (SSSR count). The van der Waals surface area contributed by atoms with Gasteiger partial charge in [-0.15, -0.1) is 0 Å². The Morgan fingerprint density at radius 3 is 2.82 bits per heavy atom. The Kier molecular flexibility index (Phi) is 6.65. The summed E-state index contributed by atoms with van der Waals surface area (Å²) in [6.07, 6.45) is 0.821. The van der Waals surface area contributed by atoms with Crippen LogP contribution in [0.1, 0.15) is 6.42 Å². The van der Waals surface area contributed by atoms with E-state index in [9.17, 15) is 4.21 Å². The Balaban J connectivity index is 2.17. The average molecular weight is 257 g/mol. The highest BCUT2D eigenvalue weighted by Crippen LogP contribution is 2.14. The molecule has 1 aromatic rings. The second-order valence-electron chi connectivity index (χ2n) is 3.62. The van der Waals surface area contributed by atoms with Crippen LogP contribution >= 0.6 is 0 Å². The molecule has 0 spiro atoms. The third-order valence-corrected chi connectivity index (χ3v) is 3.52. The molecule has 0 aliphatic heterocycles. The van der Waals surface area contributed by atoms with Gasteiger partial charge in [-0.3, -0.25) is 4.21 Å². The van der Waals surface area contributed by atoms with Crippen LogP contribution in [0.5, 0.6) is 5.75 Å². The first-order valence-corrected chi connectivity index (χ1v) is 7.03. The molecule has 0 aliphatic rings. The largest absolute Gasteiger partial charge is 0.493 e. The number of hydrogen-bond acceptors (Lipinski definition) is 4. The smallest absolute Gasteiger partial charge is 0.121 e. The highest BCUT2D eigenvalue weighted by molar-refractivity contribution is 7.84. The third kappa shape index (κ3) is 6.28. The molecule has 0 fully saturated rings. The summed E-state index contributed by atoms with van der Waals surface area (Å²) < 4.78 is 21.9. The molecule has 0 amide bonds. The summed E-state index contributed by atoms with van der Waals surface area (Å²) in [6, 6.07) is 7.23. The molecule has 5 heteroatoms. The SMILES string of the molecule is COCCCS(=O)CCOc1cccc(N)c1. The van der Waals surface area contributed by atoms with Gasteiger partial charge in [0.05, 0.1) is 12.4 Å². The lowest BCUT2D eigenvalue weighted by Gasteiger charge is -2.06. The van der Waals surface area contributed by atoms with E-state index < -0.39 is 10.8 Å². The second kappa shape index (κ2) is 8.08. The number of methoxy groups -OCH3 is 1. The summed E-state index contributed by atoms with van der Waals surface area (Å²) in [5, 5.41) is 0. The van der Waals surface area contributed by atoms with E-state index in [4.69, 9.17) is 15.2 Å². The molecule has 0 saturated carbocycles. The van der Waals surface area contributed by atoms with Crippen LogP contribution in [-0.4, -0.2) is 36.0 Å². The molecule has 1 aromatic carbocycles. The van der Waals surface area contributed by atoms with Crippen LogP contribution in [0.2, 0.25) is 0 Å². The number of rotatable bonds is 8. The summed E-state index contributed by atoms with van der Waals surface area (Å²) >= 11 is 0. The Bertz CT molecular complexity index is 357. The minimum atomic E-state index is -0.837. The van der Waals surface area contributed by atoms with Crippen LogP contribution in [-0.2, 0) is 15.5 Å². The zero-order valence-electron chi connectivity index (χ0n) is 10.1. The Hall–Kier alpha value is -1.07. The third-order valence-electron chi connectivity index (χ3n) is 2.16. The molecule has 0 aliphatic carbocycles. The lowest BCUT2D eigenvalue weighted by atomic mass is 10.3. The Labute approximate surface area is 105 Å². The van der Waals surface area contributed by atoms with Crippen molar-refractivity contribution in [2.45, 2.75) is 6.42 Å². The van der Waals surface area contributed by atoms with Crippen LogP contribution in [0.25, 0.3) is 0 Å². The van der Waals surface area contributed by atoms with Crippen LogP contribution in [0, 0.1) is 0 Å². The van der Waals surface area contributed by atoms with E-state index in [1.54, 1.807) is 19.2 Å². The van der Waals surface area contributed by atoms with Gasteiger partial charge < -0.3 is 15.2 Å². The monoisotopic (exact) mass is 257 g/mol. The van der Waals surface area contributed by atoms with E-state index in [2.05, 4.69) is 0 Å². The molecule has 96 valence electrons. The van der Waals surface area contributed by atoms with Crippen molar-refractivity contribution in [2.24, 2.45) is 0 Å². The summed E-state index contributed by atoms with van der Waals surface area (Å²) in [5.41, 5.74) is 6.29. The maximum absolute atomic E-state index is 11.5. The minimum Gasteiger partial charge on any atom is -0.493 e. The van der Waals surface area contributed by atoms with Gasteiger partial charge >= 0.3 is 0 Å². The first-order valence-electron chi connectivity index (χ1n) is 5.54. The van der Waals surface area contributed by atoms with Gasteiger partial charge in [0.1, 0.15) is 5.75 Å². The normalized spacial score (nSPS) is 12.3. The van der Waals surface area contributed by atoms with Crippen molar-refractivity contribution in [3.63, 3.8) is 0 Å². The fourth-order valence-corrected chi connectivity index (χ4v) is 2.24. The average Bonchev–Trinajstić information content (AvgIpc) is 2.29. The number of nitrogen functional groups attached to an aromatic ring is 1. The van der Waals surface area contributed by atoms with E-state index in [1.807, 2.05) is 12.1 Å². The van der Waals surface area contributed by atoms with Gasteiger partial charge in [0.15, 0.2) is 0 Å². The van der Waals surface area contributed by atoms with Crippen LogP contribution in [0.15, 0.2) is 24.3 Å². The summed E-state index contributed by atoms with van der Waals surface area (Å²) in [7, 11) is 0.808. The topological polar surface area (TPSA) is 61.5 Å².